The quantitative estimate of drug-likeness (QED) is 0.299. The molecule has 10 heteroatoms. The van der Waals surface area contributed by atoms with E-state index in [1.165, 1.54) is 11.8 Å². The highest BCUT2D eigenvalue weighted by atomic mass is 32.2. The van der Waals surface area contributed by atoms with Gasteiger partial charge in [-0.05, 0) is 49.7 Å². The van der Waals surface area contributed by atoms with Crippen molar-refractivity contribution in [3.8, 4) is 5.69 Å². The third-order valence-corrected chi connectivity index (χ3v) is 6.19. The molecule has 4 aromatic rings. The molecule has 2 aromatic carbocycles. The first-order valence-corrected chi connectivity index (χ1v) is 11.7. The highest BCUT2D eigenvalue weighted by Gasteiger charge is 2.11. The number of nitrogens with zero attached hydrogens (tertiary/aromatic N) is 5. The van der Waals surface area contributed by atoms with Crippen molar-refractivity contribution in [1.82, 2.24) is 29.9 Å². The van der Waals surface area contributed by atoms with Crippen LogP contribution in [-0.2, 0) is 7.05 Å². The fourth-order valence-corrected chi connectivity index (χ4v) is 4.12. The van der Waals surface area contributed by atoms with Crippen molar-refractivity contribution >= 4 is 29.3 Å². The summed E-state index contributed by atoms with van der Waals surface area (Å²) >= 11 is 1.53. The zero-order valence-corrected chi connectivity index (χ0v) is 20.0. The van der Waals surface area contributed by atoms with E-state index < -0.39 is 0 Å². The molecule has 0 saturated heterocycles. The number of hydrogen-bond acceptors (Lipinski definition) is 6. The Hall–Kier alpha value is -3.92. The summed E-state index contributed by atoms with van der Waals surface area (Å²) in [4.78, 5) is 25.0. The van der Waals surface area contributed by atoms with E-state index in [-0.39, 0.29) is 11.8 Å². The number of amides is 2. The second kappa shape index (κ2) is 10.3. The first-order chi connectivity index (χ1) is 16.4. The van der Waals surface area contributed by atoms with Crippen LogP contribution >= 0.6 is 11.8 Å². The highest BCUT2D eigenvalue weighted by molar-refractivity contribution is 7.99. The number of aryl methyl sites for hydroxylation is 3. The van der Waals surface area contributed by atoms with Crippen LogP contribution in [0, 0.1) is 13.8 Å². The maximum absolute atomic E-state index is 12.6. The van der Waals surface area contributed by atoms with E-state index in [2.05, 4.69) is 25.9 Å². The summed E-state index contributed by atoms with van der Waals surface area (Å²) in [6.45, 7) is 4.43. The number of nitrogens with one attached hydrogen (secondary N) is 2. The second-order valence-electron chi connectivity index (χ2n) is 7.82. The summed E-state index contributed by atoms with van der Waals surface area (Å²) in [5.74, 6) is 0.369. The molecule has 0 aliphatic carbocycles. The molecule has 0 bridgehead atoms. The molecule has 0 atom stereocenters. The third kappa shape index (κ3) is 5.52. The average molecular weight is 476 g/mol. The number of rotatable bonds is 8. The summed E-state index contributed by atoms with van der Waals surface area (Å²) in [5, 5.41) is 18.7. The number of hydrogen-bond donors (Lipinski definition) is 2. The molecule has 2 N–H and O–H groups in total. The minimum atomic E-state index is -0.179. The molecule has 9 nitrogen and oxygen atoms in total. The Morgan fingerprint density at radius 1 is 1.06 bits per heavy atom. The van der Waals surface area contributed by atoms with Crippen molar-refractivity contribution in [1.29, 1.82) is 0 Å². The number of thioether (sulfide) groups is 1. The molecular weight excluding hydrogens is 450 g/mol. The zero-order chi connectivity index (χ0) is 24.1. The van der Waals surface area contributed by atoms with E-state index in [0.29, 0.717) is 29.1 Å². The van der Waals surface area contributed by atoms with Gasteiger partial charge in [0.1, 0.15) is 6.33 Å². The van der Waals surface area contributed by atoms with Gasteiger partial charge in [-0.3, -0.25) is 9.59 Å². The molecule has 2 heterocycles. The maximum Gasteiger partial charge on any atom is 0.256 e. The van der Waals surface area contributed by atoms with E-state index >= 15 is 0 Å². The topological polar surface area (TPSA) is 107 Å². The Labute approximate surface area is 201 Å². The predicted octanol–water partition coefficient (Wildman–Crippen LogP) is 3.39. The van der Waals surface area contributed by atoms with Crippen molar-refractivity contribution in [3.05, 3.63) is 83.4 Å². The molecule has 0 aliphatic heterocycles. The van der Waals surface area contributed by atoms with Gasteiger partial charge in [0.15, 0.2) is 5.16 Å². The standard InChI is InChI=1S/C24H25N7O2S/c1-16-4-9-21(17(2)12-16)23(33)28-19-13-27-31(14-19)20-7-5-18(6-8-20)22(32)25-10-11-34-24-29-26-15-30(24)3/h4-9,12-15H,10-11H2,1-3H3,(H,25,32)(H,28,33). The Kier molecular flexibility index (Phi) is 7.07. The van der Waals surface area contributed by atoms with E-state index in [9.17, 15) is 9.59 Å². The largest absolute Gasteiger partial charge is 0.351 e. The third-order valence-electron chi connectivity index (χ3n) is 5.15. The monoisotopic (exact) mass is 475 g/mol. The SMILES string of the molecule is Cc1ccc(C(=O)Nc2cnn(-c3ccc(C(=O)NCCSc4nncn4C)cc3)c2)c(C)c1. The molecule has 0 spiro atoms. The van der Waals surface area contributed by atoms with E-state index in [4.69, 9.17) is 0 Å². The Morgan fingerprint density at radius 3 is 2.56 bits per heavy atom. The smallest absolute Gasteiger partial charge is 0.256 e. The van der Waals surface area contributed by atoms with Crippen LogP contribution in [0.3, 0.4) is 0 Å². The molecule has 2 aromatic heterocycles. The molecule has 0 radical (unpaired) electrons. The van der Waals surface area contributed by atoms with Crippen molar-refractivity contribution in [2.45, 2.75) is 19.0 Å². The average Bonchev–Trinajstić information content (AvgIpc) is 3.45. The molecule has 0 saturated carbocycles. The van der Waals surface area contributed by atoms with Crippen molar-refractivity contribution in [2.24, 2.45) is 7.05 Å². The van der Waals surface area contributed by atoms with Gasteiger partial charge < -0.3 is 15.2 Å². The lowest BCUT2D eigenvalue weighted by Gasteiger charge is -2.07. The molecule has 0 fully saturated rings. The van der Waals surface area contributed by atoms with E-state index in [1.54, 1.807) is 35.5 Å². The molecular formula is C24H25N7O2S. The minimum absolute atomic E-state index is 0.146. The molecule has 174 valence electrons. The van der Waals surface area contributed by atoms with Crippen molar-refractivity contribution in [3.63, 3.8) is 0 Å². The van der Waals surface area contributed by atoms with Gasteiger partial charge >= 0.3 is 0 Å². The van der Waals surface area contributed by atoms with Gasteiger partial charge in [0.2, 0.25) is 0 Å². The molecule has 34 heavy (non-hydrogen) atoms. The van der Waals surface area contributed by atoms with Crippen molar-refractivity contribution < 1.29 is 9.59 Å². The molecule has 0 aliphatic rings. The number of benzene rings is 2. The minimum Gasteiger partial charge on any atom is -0.351 e. The van der Waals surface area contributed by atoms with Crippen LogP contribution in [0.1, 0.15) is 31.8 Å². The van der Waals surface area contributed by atoms with E-state index in [1.807, 2.05) is 55.8 Å². The summed E-state index contributed by atoms with van der Waals surface area (Å²) < 4.78 is 3.48. The van der Waals surface area contributed by atoms with Gasteiger partial charge in [0.25, 0.3) is 11.8 Å². The van der Waals surface area contributed by atoms with Crippen LogP contribution in [0.4, 0.5) is 5.69 Å². The van der Waals surface area contributed by atoms with E-state index in [0.717, 1.165) is 22.0 Å². The first-order valence-electron chi connectivity index (χ1n) is 10.7. The summed E-state index contributed by atoms with van der Waals surface area (Å²) in [6, 6.07) is 12.8. The van der Waals surface area contributed by atoms with Gasteiger partial charge in [-0.25, -0.2) is 4.68 Å². The molecule has 4 rings (SSSR count). The lowest BCUT2D eigenvalue weighted by atomic mass is 10.1. The lowest BCUT2D eigenvalue weighted by Crippen LogP contribution is -2.25. The van der Waals surface area contributed by atoms with Gasteiger partial charge in [-0.1, -0.05) is 29.5 Å². The lowest BCUT2D eigenvalue weighted by molar-refractivity contribution is 0.0955. The Bertz CT molecular complexity index is 1310. The van der Waals surface area contributed by atoms with Crippen molar-refractivity contribution in [2.75, 3.05) is 17.6 Å². The zero-order valence-electron chi connectivity index (χ0n) is 19.1. The van der Waals surface area contributed by atoms with Crippen LogP contribution in [0.25, 0.3) is 5.69 Å². The molecule has 0 unspecified atom stereocenters. The fourth-order valence-electron chi connectivity index (χ4n) is 3.37. The first kappa shape index (κ1) is 23.2. The highest BCUT2D eigenvalue weighted by Crippen LogP contribution is 2.16. The van der Waals surface area contributed by atoms with Crippen LogP contribution in [0.5, 0.6) is 0 Å². The Morgan fingerprint density at radius 2 is 1.85 bits per heavy atom. The normalized spacial score (nSPS) is 10.8. The predicted molar refractivity (Wildman–Crippen MR) is 131 cm³/mol. The maximum atomic E-state index is 12.6. The van der Waals surface area contributed by atoms with Crippen LogP contribution in [0.15, 0.2) is 66.3 Å². The summed E-state index contributed by atoms with van der Waals surface area (Å²) in [5.41, 5.74) is 4.59. The number of aromatic nitrogens is 5. The second-order valence-corrected chi connectivity index (χ2v) is 8.88. The van der Waals surface area contributed by atoms with Crippen LogP contribution in [-0.4, -0.2) is 48.7 Å². The number of anilines is 1. The fraction of sp³-hybridized carbons (Fsp3) is 0.208. The number of carbonyl (C=O) groups is 2. The van der Waals surface area contributed by atoms with Gasteiger partial charge in [-0.2, -0.15) is 5.10 Å². The Balaban J connectivity index is 1.31. The summed E-state index contributed by atoms with van der Waals surface area (Å²) in [6.07, 6.45) is 4.97. The summed E-state index contributed by atoms with van der Waals surface area (Å²) in [7, 11) is 1.88. The van der Waals surface area contributed by atoms with Gasteiger partial charge in [0, 0.05) is 30.5 Å². The molecule has 2 amide bonds. The van der Waals surface area contributed by atoms with Gasteiger partial charge in [0.05, 0.1) is 23.8 Å². The number of carbonyl (C=O) groups excluding carboxylic acids is 2. The van der Waals surface area contributed by atoms with Gasteiger partial charge in [-0.15, -0.1) is 10.2 Å². The van der Waals surface area contributed by atoms with Crippen LogP contribution in [0.2, 0.25) is 0 Å². The van der Waals surface area contributed by atoms with Crippen LogP contribution < -0.4 is 10.6 Å².